The molecule has 4 heterocycles. The van der Waals surface area contributed by atoms with E-state index in [0.29, 0.717) is 30.4 Å². The first-order valence-corrected chi connectivity index (χ1v) is 12.7. The molecule has 2 aliphatic heterocycles. The largest absolute Gasteiger partial charge is 0.495 e. The summed E-state index contributed by atoms with van der Waals surface area (Å²) >= 11 is 1.27. The predicted octanol–water partition coefficient (Wildman–Crippen LogP) is 4.07. The number of aliphatic hydroxyl groups excluding tert-OH is 1. The number of aliphatic hydroxyl groups is 1. The van der Waals surface area contributed by atoms with E-state index in [1.165, 1.54) is 30.1 Å². The zero-order valence-electron chi connectivity index (χ0n) is 19.2. The molecule has 2 fully saturated rings. The summed E-state index contributed by atoms with van der Waals surface area (Å²) in [7, 11) is 1.65. The first-order valence-electron chi connectivity index (χ1n) is 12.0. The van der Waals surface area contributed by atoms with Crippen LogP contribution in [-0.2, 0) is 6.54 Å². The normalized spacial score (nSPS) is 23.5. The summed E-state index contributed by atoms with van der Waals surface area (Å²) in [6.07, 6.45) is 5.82. The summed E-state index contributed by atoms with van der Waals surface area (Å²) in [6.45, 7) is 1.51. The second kappa shape index (κ2) is 9.19. The summed E-state index contributed by atoms with van der Waals surface area (Å²) < 4.78 is 14.0. The highest BCUT2D eigenvalue weighted by atomic mass is 32.1. The maximum absolute atomic E-state index is 11.2. The Morgan fingerprint density at radius 2 is 1.91 bits per heavy atom. The van der Waals surface area contributed by atoms with Crippen LogP contribution in [0.25, 0.3) is 21.9 Å². The van der Waals surface area contributed by atoms with Gasteiger partial charge in [-0.2, -0.15) is 8.75 Å². The van der Waals surface area contributed by atoms with Crippen molar-refractivity contribution in [2.75, 3.05) is 13.7 Å². The van der Waals surface area contributed by atoms with Crippen LogP contribution in [0.4, 0.5) is 0 Å². The number of methoxy groups -OCH3 is 1. The molecule has 6 rings (SSSR count). The smallest absolute Gasteiger partial charge is 0.137 e. The van der Waals surface area contributed by atoms with Crippen molar-refractivity contribution in [1.29, 1.82) is 0 Å². The Kier molecular flexibility index (Phi) is 5.90. The van der Waals surface area contributed by atoms with Gasteiger partial charge in [0.15, 0.2) is 0 Å². The number of aromatic nitrogens is 3. The number of hydrogen-bond donors (Lipinski definition) is 2. The van der Waals surface area contributed by atoms with E-state index in [1.54, 1.807) is 13.3 Å². The Morgan fingerprint density at radius 3 is 2.74 bits per heavy atom. The Hall–Kier alpha value is -2.65. The van der Waals surface area contributed by atoms with E-state index in [1.807, 2.05) is 24.3 Å². The summed E-state index contributed by atoms with van der Waals surface area (Å²) in [4.78, 5) is 7.03. The van der Waals surface area contributed by atoms with Gasteiger partial charge in [0.1, 0.15) is 16.8 Å². The van der Waals surface area contributed by atoms with Crippen LogP contribution < -0.4 is 10.1 Å². The van der Waals surface area contributed by atoms with Crippen molar-refractivity contribution in [3.05, 3.63) is 59.8 Å². The topological polar surface area (TPSA) is 83.4 Å². The number of pyridine rings is 1. The first kappa shape index (κ1) is 21.9. The lowest BCUT2D eigenvalue weighted by atomic mass is 9.95. The van der Waals surface area contributed by atoms with E-state index in [2.05, 4.69) is 42.1 Å². The molecule has 0 radical (unpaired) electrons. The standard InChI is InChI=1S/C26H29N5O2S/c1-33-20-12-22-21(3-2-4-23(22)28-14-20)26(32)15-31-18-6-7-19(31)11-17(10-18)27-13-16-5-8-24-25(9-16)30-34-29-24/h2-5,8-9,12,14,17-19,26-27,32H,6-7,10-11,13,15H2,1H3. The maximum atomic E-state index is 11.2. The van der Waals surface area contributed by atoms with E-state index < -0.39 is 6.10 Å². The van der Waals surface area contributed by atoms with Gasteiger partial charge < -0.3 is 15.2 Å². The molecular formula is C26H29N5O2S. The Labute approximate surface area is 203 Å². The highest BCUT2D eigenvalue weighted by Gasteiger charge is 2.41. The van der Waals surface area contributed by atoms with Gasteiger partial charge in [0.25, 0.3) is 0 Å². The van der Waals surface area contributed by atoms with Crippen molar-refractivity contribution in [3.8, 4) is 5.75 Å². The van der Waals surface area contributed by atoms with Crippen molar-refractivity contribution in [3.63, 3.8) is 0 Å². The van der Waals surface area contributed by atoms with Crippen LogP contribution in [0.3, 0.4) is 0 Å². The number of rotatable bonds is 7. The molecule has 0 saturated carbocycles. The molecule has 3 unspecified atom stereocenters. The Morgan fingerprint density at radius 1 is 1.09 bits per heavy atom. The molecule has 4 aromatic rings. The molecule has 2 saturated heterocycles. The third-order valence-electron chi connectivity index (χ3n) is 7.51. The zero-order valence-corrected chi connectivity index (χ0v) is 20.0. The minimum atomic E-state index is -0.552. The number of ether oxygens (including phenoxy) is 1. The van der Waals surface area contributed by atoms with Crippen LogP contribution in [0.2, 0.25) is 0 Å². The van der Waals surface area contributed by atoms with Gasteiger partial charge in [-0.3, -0.25) is 9.88 Å². The van der Waals surface area contributed by atoms with Gasteiger partial charge in [0.2, 0.25) is 0 Å². The zero-order chi connectivity index (χ0) is 23.1. The van der Waals surface area contributed by atoms with E-state index in [4.69, 9.17) is 4.74 Å². The second-order valence-electron chi connectivity index (χ2n) is 9.52. The summed E-state index contributed by atoms with van der Waals surface area (Å²) in [6, 6.07) is 15.8. The maximum Gasteiger partial charge on any atom is 0.137 e. The number of nitrogens with one attached hydrogen (secondary N) is 1. The van der Waals surface area contributed by atoms with Crippen LogP contribution in [0.5, 0.6) is 5.75 Å². The van der Waals surface area contributed by atoms with Gasteiger partial charge >= 0.3 is 0 Å². The average molecular weight is 476 g/mol. The van der Waals surface area contributed by atoms with Gasteiger partial charge in [-0.1, -0.05) is 18.2 Å². The number of hydrogen-bond acceptors (Lipinski definition) is 8. The molecule has 8 heteroatoms. The lowest BCUT2D eigenvalue weighted by Gasteiger charge is -2.40. The van der Waals surface area contributed by atoms with Crippen LogP contribution in [0, 0.1) is 0 Å². The lowest BCUT2D eigenvalue weighted by molar-refractivity contribution is 0.0522. The minimum Gasteiger partial charge on any atom is -0.495 e. The molecule has 2 aromatic carbocycles. The van der Waals surface area contributed by atoms with Crippen LogP contribution >= 0.6 is 11.7 Å². The molecule has 7 nitrogen and oxygen atoms in total. The van der Waals surface area contributed by atoms with E-state index in [0.717, 1.165) is 46.9 Å². The monoisotopic (exact) mass is 475 g/mol. The molecule has 0 aliphatic carbocycles. The highest BCUT2D eigenvalue weighted by Crippen LogP contribution is 2.38. The minimum absolute atomic E-state index is 0.501. The third-order valence-corrected chi connectivity index (χ3v) is 8.07. The fraction of sp³-hybridized carbons (Fsp3) is 0.423. The molecule has 2 aromatic heterocycles. The molecule has 0 amide bonds. The Balaban J connectivity index is 1.11. The SMILES string of the molecule is COc1cnc2cccc(C(O)CN3C4CCC3CC(NCc3ccc5nsnc5c3)C4)c2c1. The van der Waals surface area contributed by atoms with Gasteiger partial charge in [-0.25, -0.2) is 0 Å². The summed E-state index contributed by atoms with van der Waals surface area (Å²) in [5.74, 6) is 0.712. The van der Waals surface area contributed by atoms with Crippen molar-refractivity contribution < 1.29 is 9.84 Å². The van der Waals surface area contributed by atoms with Crippen molar-refractivity contribution in [2.24, 2.45) is 0 Å². The molecule has 176 valence electrons. The highest BCUT2D eigenvalue weighted by molar-refractivity contribution is 7.00. The summed E-state index contributed by atoms with van der Waals surface area (Å²) in [5, 5.41) is 16.0. The molecule has 34 heavy (non-hydrogen) atoms. The van der Waals surface area contributed by atoms with Crippen molar-refractivity contribution in [1.82, 2.24) is 23.9 Å². The number of fused-ring (bicyclic) bond motifs is 4. The molecule has 3 atom stereocenters. The van der Waals surface area contributed by atoms with Gasteiger partial charge in [-0.05, 0) is 61.1 Å². The fourth-order valence-electron chi connectivity index (χ4n) is 5.79. The van der Waals surface area contributed by atoms with Gasteiger partial charge in [0.05, 0.1) is 36.7 Å². The van der Waals surface area contributed by atoms with Crippen LogP contribution in [-0.4, -0.2) is 55.5 Å². The first-order chi connectivity index (χ1) is 16.7. The van der Waals surface area contributed by atoms with Gasteiger partial charge in [-0.15, -0.1) is 0 Å². The van der Waals surface area contributed by atoms with Crippen molar-refractivity contribution in [2.45, 2.75) is 56.5 Å². The van der Waals surface area contributed by atoms with Gasteiger partial charge in [0, 0.05) is 36.6 Å². The molecule has 2 N–H and O–H groups in total. The van der Waals surface area contributed by atoms with Crippen molar-refractivity contribution >= 4 is 33.7 Å². The van der Waals surface area contributed by atoms with E-state index >= 15 is 0 Å². The molecule has 2 bridgehead atoms. The average Bonchev–Trinajstić information content (AvgIpc) is 3.42. The molecular weight excluding hydrogens is 446 g/mol. The van der Waals surface area contributed by atoms with E-state index in [-0.39, 0.29) is 0 Å². The number of piperidine rings is 1. The molecule has 2 aliphatic rings. The van der Waals surface area contributed by atoms with E-state index in [9.17, 15) is 5.11 Å². The Bertz CT molecular complexity index is 1300. The third kappa shape index (κ3) is 4.15. The molecule has 0 spiro atoms. The number of nitrogens with zero attached hydrogens (tertiary/aromatic N) is 4. The van der Waals surface area contributed by atoms with Crippen LogP contribution in [0.1, 0.15) is 42.9 Å². The van der Waals surface area contributed by atoms with Crippen LogP contribution in [0.15, 0.2) is 48.7 Å². The fourth-order valence-corrected chi connectivity index (χ4v) is 6.31. The lowest BCUT2D eigenvalue weighted by Crippen LogP contribution is -2.50. The number of benzene rings is 2. The summed E-state index contributed by atoms with van der Waals surface area (Å²) in [5.41, 5.74) is 5.02. The second-order valence-corrected chi connectivity index (χ2v) is 10.1. The predicted molar refractivity (Wildman–Crippen MR) is 134 cm³/mol. The quantitative estimate of drug-likeness (QED) is 0.417.